The van der Waals surface area contributed by atoms with Crippen LogP contribution in [0.4, 0.5) is 5.69 Å². The van der Waals surface area contributed by atoms with Gasteiger partial charge in [0.15, 0.2) is 0 Å². The van der Waals surface area contributed by atoms with Crippen LogP contribution in [0.15, 0.2) is 42.5 Å². The van der Waals surface area contributed by atoms with Crippen LogP contribution >= 0.6 is 0 Å². The molecule has 3 aromatic rings. The molecule has 8 nitrogen and oxygen atoms in total. The maximum atomic E-state index is 12.6. The quantitative estimate of drug-likeness (QED) is 0.640. The smallest absolute Gasteiger partial charge is 0.268 e. The molecule has 0 unspecified atom stereocenters. The number of nitrogens with zero attached hydrogens (tertiary/aromatic N) is 1. The highest BCUT2D eigenvalue weighted by Gasteiger charge is 2.16. The number of benzene rings is 2. The zero-order chi connectivity index (χ0) is 21.0. The minimum atomic E-state index is -0.384. The number of aryl methyl sites for hydroxylation is 1. The number of anilines is 1. The number of rotatable bonds is 7. The molecule has 0 aliphatic rings. The normalized spacial score (nSPS) is 10.5. The van der Waals surface area contributed by atoms with Gasteiger partial charge in [0, 0.05) is 24.0 Å². The van der Waals surface area contributed by atoms with E-state index in [-0.39, 0.29) is 18.4 Å². The fraction of sp³-hybridized carbons (Fsp3) is 0.238. The molecule has 0 spiro atoms. The number of hydrogen-bond donors (Lipinski definition) is 2. The van der Waals surface area contributed by atoms with Gasteiger partial charge < -0.3 is 29.4 Å². The largest absolute Gasteiger partial charge is 0.497 e. The number of nitrogens with one attached hydrogen (secondary N) is 2. The van der Waals surface area contributed by atoms with Gasteiger partial charge in [-0.05, 0) is 36.4 Å². The van der Waals surface area contributed by atoms with E-state index in [1.54, 1.807) is 43.0 Å². The predicted octanol–water partition coefficient (Wildman–Crippen LogP) is 2.57. The number of carbonyl (C=O) groups is 2. The van der Waals surface area contributed by atoms with Crippen LogP contribution in [0.2, 0.25) is 0 Å². The summed E-state index contributed by atoms with van der Waals surface area (Å²) in [5, 5.41) is 6.23. The molecule has 8 heteroatoms. The van der Waals surface area contributed by atoms with Crippen LogP contribution < -0.4 is 24.8 Å². The van der Waals surface area contributed by atoms with Crippen LogP contribution in [0.25, 0.3) is 10.9 Å². The second kappa shape index (κ2) is 8.55. The molecule has 1 aromatic heterocycles. The maximum Gasteiger partial charge on any atom is 0.268 e. The molecule has 0 aliphatic carbocycles. The van der Waals surface area contributed by atoms with Crippen LogP contribution in [0.3, 0.4) is 0 Å². The van der Waals surface area contributed by atoms with E-state index in [9.17, 15) is 9.59 Å². The summed E-state index contributed by atoms with van der Waals surface area (Å²) < 4.78 is 17.4. The van der Waals surface area contributed by atoms with Crippen molar-refractivity contribution in [1.82, 2.24) is 9.88 Å². The van der Waals surface area contributed by atoms with E-state index in [1.807, 2.05) is 18.2 Å². The second-order valence-electron chi connectivity index (χ2n) is 6.31. The Hall–Kier alpha value is -3.68. The summed E-state index contributed by atoms with van der Waals surface area (Å²) in [5.74, 6) is 1.05. The van der Waals surface area contributed by atoms with Crippen molar-refractivity contribution in [2.45, 2.75) is 0 Å². The predicted molar refractivity (Wildman–Crippen MR) is 110 cm³/mol. The van der Waals surface area contributed by atoms with E-state index in [0.717, 1.165) is 10.9 Å². The Morgan fingerprint density at radius 3 is 2.31 bits per heavy atom. The van der Waals surface area contributed by atoms with Crippen LogP contribution in [0.1, 0.15) is 10.5 Å². The van der Waals surface area contributed by atoms with Crippen molar-refractivity contribution in [2.75, 3.05) is 33.2 Å². The van der Waals surface area contributed by atoms with Crippen LogP contribution in [-0.2, 0) is 11.8 Å². The van der Waals surface area contributed by atoms with E-state index >= 15 is 0 Å². The van der Waals surface area contributed by atoms with Gasteiger partial charge in [-0.3, -0.25) is 9.59 Å². The number of fused-ring (bicyclic) bond motifs is 1. The molecule has 3 rings (SSSR count). The molecule has 29 heavy (non-hydrogen) atoms. The third-order valence-corrected chi connectivity index (χ3v) is 4.57. The molecule has 0 fully saturated rings. The molecular weight excluding hydrogens is 374 g/mol. The number of aromatic nitrogens is 1. The Labute approximate surface area is 168 Å². The fourth-order valence-corrected chi connectivity index (χ4v) is 3.03. The molecule has 1 heterocycles. The van der Waals surface area contributed by atoms with Gasteiger partial charge in [0.05, 0.1) is 33.6 Å². The van der Waals surface area contributed by atoms with Gasteiger partial charge in [0.25, 0.3) is 5.91 Å². The Morgan fingerprint density at radius 1 is 0.931 bits per heavy atom. The Balaban J connectivity index is 1.69. The molecule has 0 saturated heterocycles. The highest BCUT2D eigenvalue weighted by molar-refractivity contribution is 6.02. The van der Waals surface area contributed by atoms with E-state index in [1.165, 1.54) is 14.2 Å². The van der Waals surface area contributed by atoms with E-state index in [2.05, 4.69) is 10.6 Å². The summed E-state index contributed by atoms with van der Waals surface area (Å²) >= 11 is 0. The van der Waals surface area contributed by atoms with Gasteiger partial charge >= 0.3 is 0 Å². The molecule has 0 atom stereocenters. The van der Waals surface area contributed by atoms with Crippen molar-refractivity contribution in [3.8, 4) is 17.2 Å². The number of carbonyl (C=O) groups excluding carboxylic acids is 2. The van der Waals surface area contributed by atoms with Gasteiger partial charge in [-0.2, -0.15) is 0 Å². The highest BCUT2D eigenvalue weighted by Crippen LogP contribution is 2.28. The zero-order valence-electron chi connectivity index (χ0n) is 16.7. The summed E-state index contributed by atoms with van der Waals surface area (Å²) in [7, 11) is 6.43. The lowest BCUT2D eigenvalue weighted by Crippen LogP contribution is -2.33. The summed E-state index contributed by atoms with van der Waals surface area (Å²) in [4.78, 5) is 24.9. The van der Waals surface area contributed by atoms with Crippen LogP contribution in [-0.4, -0.2) is 44.3 Å². The lowest BCUT2D eigenvalue weighted by Gasteiger charge is -2.12. The lowest BCUT2D eigenvalue weighted by atomic mass is 10.2. The standard InChI is InChI=1S/C21H23N3O5/c1-24-17-7-5-14(27-2)9-13(17)10-18(24)21(26)22-12-20(25)23-16-11-15(28-3)6-8-19(16)29-4/h5-11H,12H2,1-4H3,(H,22,26)(H,23,25). The first-order valence-corrected chi connectivity index (χ1v) is 8.90. The molecular formula is C21H23N3O5. The Morgan fingerprint density at radius 2 is 1.62 bits per heavy atom. The molecule has 2 N–H and O–H groups in total. The van der Waals surface area contributed by atoms with Crippen molar-refractivity contribution in [3.05, 3.63) is 48.2 Å². The number of ether oxygens (including phenoxy) is 3. The van der Waals surface area contributed by atoms with Crippen LogP contribution in [0, 0.1) is 0 Å². The van der Waals surface area contributed by atoms with E-state index < -0.39 is 0 Å². The Kier molecular flexibility index (Phi) is 5.92. The lowest BCUT2D eigenvalue weighted by molar-refractivity contribution is -0.115. The molecule has 152 valence electrons. The first-order valence-electron chi connectivity index (χ1n) is 8.90. The molecule has 2 amide bonds. The van der Waals surface area contributed by atoms with Crippen molar-refractivity contribution in [3.63, 3.8) is 0 Å². The average Bonchev–Trinajstić information content (AvgIpc) is 3.07. The van der Waals surface area contributed by atoms with E-state index in [4.69, 9.17) is 14.2 Å². The summed E-state index contributed by atoms with van der Waals surface area (Å²) in [6, 6.07) is 12.4. The van der Waals surface area contributed by atoms with Crippen molar-refractivity contribution >= 4 is 28.4 Å². The number of amides is 2. The topological polar surface area (TPSA) is 90.8 Å². The molecule has 0 radical (unpaired) electrons. The first kappa shape index (κ1) is 20.1. The summed E-state index contributed by atoms with van der Waals surface area (Å²) in [6.45, 7) is -0.190. The van der Waals surface area contributed by atoms with Crippen molar-refractivity contribution in [1.29, 1.82) is 0 Å². The monoisotopic (exact) mass is 397 g/mol. The zero-order valence-corrected chi connectivity index (χ0v) is 16.7. The summed E-state index contributed by atoms with van der Waals surface area (Å²) in [6.07, 6.45) is 0. The highest BCUT2D eigenvalue weighted by atomic mass is 16.5. The molecule has 0 aliphatic heterocycles. The average molecular weight is 397 g/mol. The van der Waals surface area contributed by atoms with Crippen molar-refractivity contribution < 1.29 is 23.8 Å². The molecule has 0 bridgehead atoms. The Bertz CT molecular complexity index is 1060. The minimum absolute atomic E-state index is 0.190. The molecule has 0 saturated carbocycles. The number of methoxy groups -OCH3 is 3. The SMILES string of the molecule is COc1ccc(OC)c(NC(=O)CNC(=O)c2cc3cc(OC)ccc3n2C)c1. The number of hydrogen-bond acceptors (Lipinski definition) is 5. The minimum Gasteiger partial charge on any atom is -0.497 e. The third-order valence-electron chi connectivity index (χ3n) is 4.57. The fourth-order valence-electron chi connectivity index (χ4n) is 3.03. The summed E-state index contributed by atoms with van der Waals surface area (Å²) in [5.41, 5.74) is 1.80. The third kappa shape index (κ3) is 4.26. The van der Waals surface area contributed by atoms with Gasteiger partial charge in [0.2, 0.25) is 5.91 Å². The van der Waals surface area contributed by atoms with Gasteiger partial charge in [0.1, 0.15) is 22.9 Å². The second-order valence-corrected chi connectivity index (χ2v) is 6.31. The van der Waals surface area contributed by atoms with Gasteiger partial charge in [-0.25, -0.2) is 0 Å². The van der Waals surface area contributed by atoms with Crippen LogP contribution in [0.5, 0.6) is 17.2 Å². The molecule has 2 aromatic carbocycles. The van der Waals surface area contributed by atoms with E-state index in [0.29, 0.717) is 28.6 Å². The van der Waals surface area contributed by atoms with Gasteiger partial charge in [-0.1, -0.05) is 0 Å². The van der Waals surface area contributed by atoms with Gasteiger partial charge in [-0.15, -0.1) is 0 Å². The first-order chi connectivity index (χ1) is 14.0. The maximum absolute atomic E-state index is 12.6. The van der Waals surface area contributed by atoms with Crippen molar-refractivity contribution in [2.24, 2.45) is 7.05 Å².